The maximum atomic E-state index is 4.88. The zero-order valence-electron chi connectivity index (χ0n) is 13.9. The van der Waals surface area contributed by atoms with E-state index in [1.807, 2.05) is 23.6 Å². The first-order valence-electron chi connectivity index (χ1n) is 8.17. The van der Waals surface area contributed by atoms with Crippen molar-refractivity contribution in [1.82, 2.24) is 14.6 Å². The first-order valence-corrected chi connectivity index (χ1v) is 8.17. The quantitative estimate of drug-likeness (QED) is 0.553. The predicted octanol–water partition coefficient (Wildman–Crippen LogP) is 4.60. The van der Waals surface area contributed by atoms with Gasteiger partial charge < -0.3 is 0 Å². The minimum absolute atomic E-state index is 0.799. The summed E-state index contributed by atoms with van der Waals surface area (Å²) in [7, 11) is 0. The maximum Gasteiger partial charge on any atom is 0.163 e. The minimum Gasteiger partial charge on any atom is -0.233 e. The van der Waals surface area contributed by atoms with Crippen molar-refractivity contribution >= 4 is 5.65 Å². The normalized spacial score (nSPS) is 11.1. The van der Waals surface area contributed by atoms with E-state index in [0.717, 1.165) is 40.3 Å². The summed E-state index contributed by atoms with van der Waals surface area (Å²) in [4.78, 5) is 4.78. The lowest BCUT2D eigenvalue weighted by Gasteiger charge is -2.04. The van der Waals surface area contributed by atoms with Gasteiger partial charge in [-0.05, 0) is 31.0 Å². The summed E-state index contributed by atoms with van der Waals surface area (Å²) in [5, 5.41) is 4.88. The van der Waals surface area contributed by atoms with E-state index >= 15 is 0 Å². The summed E-state index contributed by atoms with van der Waals surface area (Å²) in [5.74, 6) is 0. The Hall–Kier alpha value is -2.94. The van der Waals surface area contributed by atoms with E-state index in [9.17, 15) is 0 Å². The largest absolute Gasteiger partial charge is 0.233 e. The average molecular weight is 313 g/mol. The molecule has 24 heavy (non-hydrogen) atoms. The lowest BCUT2D eigenvalue weighted by atomic mass is 10.0. The van der Waals surface area contributed by atoms with E-state index in [-0.39, 0.29) is 0 Å². The fraction of sp³-hybridized carbons (Fsp3) is 0.143. The highest BCUT2D eigenvalue weighted by atomic mass is 15.3. The molecule has 0 unspecified atom stereocenters. The fourth-order valence-electron chi connectivity index (χ4n) is 3.18. The molecule has 0 saturated heterocycles. The van der Waals surface area contributed by atoms with Crippen LogP contribution in [0.4, 0.5) is 0 Å². The van der Waals surface area contributed by atoms with E-state index in [1.54, 1.807) is 0 Å². The molecular formula is C21H19N3. The second kappa shape index (κ2) is 5.93. The maximum absolute atomic E-state index is 4.88. The molecular weight excluding hydrogens is 294 g/mol. The van der Waals surface area contributed by atoms with Crippen molar-refractivity contribution in [3.05, 3.63) is 89.4 Å². The Labute approximate surface area is 141 Å². The molecule has 0 aliphatic rings. The molecule has 0 spiro atoms. The van der Waals surface area contributed by atoms with Gasteiger partial charge in [0.05, 0.1) is 11.3 Å². The van der Waals surface area contributed by atoms with Gasteiger partial charge in [-0.25, -0.2) is 9.50 Å². The van der Waals surface area contributed by atoms with Gasteiger partial charge in [0, 0.05) is 17.8 Å². The molecule has 2 aromatic heterocycles. The van der Waals surface area contributed by atoms with Gasteiger partial charge in [0.1, 0.15) is 0 Å². The molecule has 4 aromatic rings. The Morgan fingerprint density at radius 2 is 1.54 bits per heavy atom. The number of aromatic nitrogens is 3. The van der Waals surface area contributed by atoms with Crippen LogP contribution in [0.15, 0.2) is 66.7 Å². The first kappa shape index (κ1) is 14.6. The third kappa shape index (κ3) is 2.58. The predicted molar refractivity (Wildman–Crippen MR) is 97.1 cm³/mol. The van der Waals surface area contributed by atoms with Gasteiger partial charge in [0.2, 0.25) is 0 Å². The minimum atomic E-state index is 0.799. The van der Waals surface area contributed by atoms with Crippen LogP contribution in [0.25, 0.3) is 16.8 Å². The molecule has 2 heterocycles. The number of hydrogen-bond acceptors (Lipinski definition) is 2. The van der Waals surface area contributed by atoms with Crippen LogP contribution in [0.1, 0.15) is 22.6 Å². The highest BCUT2D eigenvalue weighted by molar-refractivity contribution is 5.80. The standard InChI is InChI=1S/C21H19N3/c1-15-13-16(2)24-21(22-15)20(18-11-7-4-8-12-18)19(23-24)14-17-9-5-3-6-10-17/h3-13H,14H2,1-2H3. The molecule has 0 bridgehead atoms. The smallest absolute Gasteiger partial charge is 0.163 e. The number of fused-ring (bicyclic) bond motifs is 1. The Morgan fingerprint density at radius 3 is 2.25 bits per heavy atom. The first-order chi connectivity index (χ1) is 11.7. The van der Waals surface area contributed by atoms with Crippen molar-refractivity contribution in [3.8, 4) is 11.1 Å². The van der Waals surface area contributed by atoms with Crippen LogP contribution in [0.5, 0.6) is 0 Å². The van der Waals surface area contributed by atoms with Gasteiger partial charge >= 0.3 is 0 Å². The van der Waals surface area contributed by atoms with Crippen molar-refractivity contribution in [2.75, 3.05) is 0 Å². The monoisotopic (exact) mass is 313 g/mol. The van der Waals surface area contributed by atoms with Gasteiger partial charge in [0.15, 0.2) is 5.65 Å². The highest BCUT2D eigenvalue weighted by Crippen LogP contribution is 2.29. The number of rotatable bonds is 3. The zero-order valence-corrected chi connectivity index (χ0v) is 13.9. The number of aryl methyl sites for hydroxylation is 2. The van der Waals surface area contributed by atoms with Crippen LogP contribution < -0.4 is 0 Å². The third-order valence-corrected chi connectivity index (χ3v) is 4.24. The van der Waals surface area contributed by atoms with Crippen molar-refractivity contribution in [2.24, 2.45) is 0 Å². The molecule has 0 amide bonds. The van der Waals surface area contributed by atoms with E-state index < -0.39 is 0 Å². The second-order valence-electron chi connectivity index (χ2n) is 6.12. The Morgan fingerprint density at radius 1 is 0.875 bits per heavy atom. The summed E-state index contributed by atoms with van der Waals surface area (Å²) in [6.45, 7) is 4.11. The molecule has 0 aliphatic carbocycles. The van der Waals surface area contributed by atoms with E-state index in [1.165, 1.54) is 5.56 Å². The van der Waals surface area contributed by atoms with Crippen LogP contribution in [0.2, 0.25) is 0 Å². The van der Waals surface area contributed by atoms with Crippen LogP contribution in [0.3, 0.4) is 0 Å². The summed E-state index contributed by atoms with van der Waals surface area (Å²) in [6.07, 6.45) is 0.799. The number of hydrogen-bond donors (Lipinski definition) is 0. The van der Waals surface area contributed by atoms with Crippen LogP contribution in [-0.4, -0.2) is 14.6 Å². The Kier molecular flexibility index (Phi) is 3.62. The number of benzene rings is 2. The molecule has 0 N–H and O–H groups in total. The SMILES string of the molecule is Cc1cc(C)n2nc(Cc3ccccc3)c(-c3ccccc3)c2n1. The summed E-state index contributed by atoms with van der Waals surface area (Å²) >= 11 is 0. The molecule has 0 aliphatic heterocycles. The average Bonchev–Trinajstić information content (AvgIpc) is 2.95. The van der Waals surface area contributed by atoms with E-state index in [4.69, 9.17) is 10.1 Å². The van der Waals surface area contributed by atoms with Gasteiger partial charge in [-0.3, -0.25) is 0 Å². The lowest BCUT2D eigenvalue weighted by Crippen LogP contribution is -1.97. The van der Waals surface area contributed by atoms with Crippen LogP contribution in [-0.2, 0) is 6.42 Å². The van der Waals surface area contributed by atoms with Crippen molar-refractivity contribution in [1.29, 1.82) is 0 Å². The molecule has 0 radical (unpaired) electrons. The topological polar surface area (TPSA) is 30.2 Å². The van der Waals surface area contributed by atoms with Crippen LogP contribution in [0, 0.1) is 13.8 Å². The molecule has 2 aromatic carbocycles. The van der Waals surface area contributed by atoms with Crippen molar-refractivity contribution in [2.45, 2.75) is 20.3 Å². The lowest BCUT2D eigenvalue weighted by molar-refractivity contribution is 0.856. The highest BCUT2D eigenvalue weighted by Gasteiger charge is 2.17. The molecule has 3 heteroatoms. The molecule has 0 saturated carbocycles. The molecule has 118 valence electrons. The molecule has 0 atom stereocenters. The Bertz CT molecular complexity index is 986. The van der Waals surface area contributed by atoms with Crippen molar-refractivity contribution < 1.29 is 0 Å². The van der Waals surface area contributed by atoms with Gasteiger partial charge in [-0.1, -0.05) is 60.7 Å². The van der Waals surface area contributed by atoms with Gasteiger partial charge in [-0.2, -0.15) is 5.10 Å². The van der Waals surface area contributed by atoms with Crippen LogP contribution >= 0.6 is 0 Å². The fourth-order valence-corrected chi connectivity index (χ4v) is 3.18. The van der Waals surface area contributed by atoms with Gasteiger partial charge in [0.25, 0.3) is 0 Å². The second-order valence-corrected chi connectivity index (χ2v) is 6.12. The zero-order chi connectivity index (χ0) is 16.5. The van der Waals surface area contributed by atoms with Gasteiger partial charge in [-0.15, -0.1) is 0 Å². The summed E-state index contributed by atoms with van der Waals surface area (Å²) < 4.78 is 1.97. The molecule has 4 rings (SSSR count). The summed E-state index contributed by atoms with van der Waals surface area (Å²) in [5.41, 5.74) is 7.67. The molecule has 3 nitrogen and oxygen atoms in total. The third-order valence-electron chi connectivity index (χ3n) is 4.24. The van der Waals surface area contributed by atoms with E-state index in [0.29, 0.717) is 0 Å². The number of nitrogens with zero attached hydrogens (tertiary/aromatic N) is 3. The Balaban J connectivity index is 1.97. The molecule has 0 fully saturated rings. The summed E-state index contributed by atoms with van der Waals surface area (Å²) in [6, 6.07) is 23.0. The van der Waals surface area contributed by atoms with Crippen molar-refractivity contribution in [3.63, 3.8) is 0 Å². The van der Waals surface area contributed by atoms with E-state index in [2.05, 4.69) is 61.5 Å².